The van der Waals surface area contributed by atoms with Gasteiger partial charge in [0.25, 0.3) is 0 Å². The SMILES string of the molecule is CC[NH+](CC)CCn1c(N)[n+](CC(=O)c2ccc(Cl)c(Cl)c2)c2ccccc21. The van der Waals surface area contributed by atoms with Gasteiger partial charge in [0.2, 0.25) is 0 Å². The summed E-state index contributed by atoms with van der Waals surface area (Å²) in [5, 5.41) is 0.802. The van der Waals surface area contributed by atoms with Gasteiger partial charge < -0.3 is 4.90 Å². The number of para-hydroxylation sites is 2. The summed E-state index contributed by atoms with van der Waals surface area (Å²) in [6.07, 6.45) is 0. The van der Waals surface area contributed by atoms with Crippen LogP contribution in [-0.4, -0.2) is 30.0 Å². The highest BCUT2D eigenvalue weighted by atomic mass is 35.5. The second kappa shape index (κ2) is 8.95. The van der Waals surface area contributed by atoms with Crippen LogP contribution in [0.4, 0.5) is 5.95 Å². The van der Waals surface area contributed by atoms with E-state index in [9.17, 15) is 4.79 Å². The molecule has 0 bridgehead atoms. The van der Waals surface area contributed by atoms with E-state index in [4.69, 9.17) is 28.9 Å². The van der Waals surface area contributed by atoms with Crippen LogP contribution in [0, 0.1) is 0 Å². The molecule has 0 aliphatic rings. The van der Waals surface area contributed by atoms with Crippen molar-refractivity contribution in [3.63, 3.8) is 0 Å². The molecule has 0 saturated heterocycles. The molecule has 0 atom stereocenters. The summed E-state index contributed by atoms with van der Waals surface area (Å²) in [5.74, 6) is 0.522. The zero-order chi connectivity index (χ0) is 20.3. The Morgan fingerprint density at radius 3 is 2.50 bits per heavy atom. The van der Waals surface area contributed by atoms with Crippen molar-refractivity contribution in [2.45, 2.75) is 26.9 Å². The summed E-state index contributed by atoms with van der Waals surface area (Å²) in [6, 6.07) is 12.9. The van der Waals surface area contributed by atoms with Crippen molar-refractivity contribution >= 4 is 46.0 Å². The fourth-order valence-electron chi connectivity index (χ4n) is 3.49. The lowest BCUT2D eigenvalue weighted by Crippen LogP contribution is -3.11. The van der Waals surface area contributed by atoms with Gasteiger partial charge in [0.1, 0.15) is 30.7 Å². The second-order valence-electron chi connectivity index (χ2n) is 6.84. The van der Waals surface area contributed by atoms with Crippen LogP contribution < -0.4 is 15.2 Å². The number of nitrogens with two attached hydrogens (primary N) is 1. The van der Waals surface area contributed by atoms with Gasteiger partial charge >= 0.3 is 5.95 Å². The number of benzene rings is 2. The van der Waals surface area contributed by atoms with Crippen molar-refractivity contribution in [2.75, 3.05) is 25.4 Å². The number of carbonyl (C=O) groups is 1. The van der Waals surface area contributed by atoms with E-state index in [0.717, 1.165) is 37.2 Å². The molecular weight excluding hydrogens is 395 g/mol. The van der Waals surface area contributed by atoms with Crippen LogP contribution in [0.1, 0.15) is 24.2 Å². The van der Waals surface area contributed by atoms with E-state index in [1.807, 2.05) is 28.8 Å². The molecule has 5 nitrogen and oxygen atoms in total. The van der Waals surface area contributed by atoms with Crippen LogP contribution in [0.2, 0.25) is 10.0 Å². The van der Waals surface area contributed by atoms with Gasteiger partial charge in [-0.15, -0.1) is 0 Å². The molecule has 0 fully saturated rings. The number of likely N-dealkylation sites (N-methyl/N-ethyl adjacent to an activating group) is 1. The molecule has 1 aromatic heterocycles. The highest BCUT2D eigenvalue weighted by Gasteiger charge is 2.24. The Kier molecular flexibility index (Phi) is 6.60. The van der Waals surface area contributed by atoms with Crippen LogP contribution in [0.15, 0.2) is 42.5 Å². The maximum Gasteiger partial charge on any atom is 0.356 e. The predicted molar refractivity (Wildman–Crippen MR) is 114 cm³/mol. The third-order valence-corrected chi connectivity index (χ3v) is 5.99. The van der Waals surface area contributed by atoms with Crippen molar-refractivity contribution in [1.82, 2.24) is 4.57 Å². The number of rotatable bonds is 8. The number of nitrogens with one attached hydrogen (secondary N) is 1. The van der Waals surface area contributed by atoms with E-state index in [1.165, 1.54) is 4.90 Å². The maximum atomic E-state index is 12.9. The molecular formula is C21H26Cl2N4O+2. The second-order valence-corrected chi connectivity index (χ2v) is 7.66. The minimum Gasteiger partial charge on any atom is -0.333 e. The highest BCUT2D eigenvalue weighted by molar-refractivity contribution is 6.42. The Balaban J connectivity index is 1.93. The van der Waals surface area contributed by atoms with Gasteiger partial charge in [-0.05, 0) is 44.2 Å². The molecule has 3 rings (SSSR count). The van der Waals surface area contributed by atoms with E-state index in [0.29, 0.717) is 21.6 Å². The van der Waals surface area contributed by atoms with Crippen molar-refractivity contribution in [1.29, 1.82) is 0 Å². The lowest BCUT2D eigenvalue weighted by atomic mass is 10.1. The zero-order valence-electron chi connectivity index (χ0n) is 16.2. The molecule has 1 heterocycles. The lowest BCUT2D eigenvalue weighted by Gasteiger charge is -2.14. The molecule has 28 heavy (non-hydrogen) atoms. The number of quaternary nitrogens is 1. The van der Waals surface area contributed by atoms with E-state index >= 15 is 0 Å². The van der Waals surface area contributed by atoms with E-state index in [1.54, 1.807) is 18.2 Å². The predicted octanol–water partition coefficient (Wildman–Crippen LogP) is 2.63. The Bertz CT molecular complexity index is 995. The molecule has 3 aromatic rings. The van der Waals surface area contributed by atoms with Crippen LogP contribution in [0.25, 0.3) is 11.0 Å². The minimum atomic E-state index is -0.0625. The average molecular weight is 421 g/mol. The van der Waals surface area contributed by atoms with Crippen LogP contribution in [-0.2, 0) is 13.1 Å². The first kappa shape index (κ1) is 20.6. The third kappa shape index (κ3) is 4.17. The molecule has 0 unspecified atom stereocenters. The Labute approximate surface area is 175 Å². The number of hydrogen-bond acceptors (Lipinski definition) is 2. The van der Waals surface area contributed by atoms with Crippen molar-refractivity contribution in [3.8, 4) is 0 Å². The molecule has 0 aliphatic heterocycles. The summed E-state index contributed by atoms with van der Waals surface area (Å²) in [5.41, 5.74) is 8.98. The third-order valence-electron chi connectivity index (χ3n) is 5.25. The molecule has 3 N–H and O–H groups in total. The van der Waals surface area contributed by atoms with Crippen LogP contribution >= 0.6 is 23.2 Å². The summed E-state index contributed by atoms with van der Waals surface area (Å²) in [6.45, 7) is 8.46. The first-order valence-electron chi connectivity index (χ1n) is 9.54. The Morgan fingerprint density at radius 2 is 1.82 bits per heavy atom. The maximum absolute atomic E-state index is 12.9. The summed E-state index contributed by atoms with van der Waals surface area (Å²) < 4.78 is 3.97. The normalized spacial score (nSPS) is 11.5. The van der Waals surface area contributed by atoms with Gasteiger partial charge in [0.05, 0.1) is 23.1 Å². The minimum absolute atomic E-state index is 0.0625. The molecule has 0 amide bonds. The average Bonchev–Trinajstić information content (AvgIpc) is 2.96. The van der Waals surface area contributed by atoms with Gasteiger partial charge in [0.15, 0.2) is 5.78 Å². The van der Waals surface area contributed by atoms with E-state index in [-0.39, 0.29) is 12.3 Å². The first-order valence-corrected chi connectivity index (χ1v) is 10.3. The number of anilines is 1. The number of hydrogen-bond donors (Lipinski definition) is 2. The summed E-state index contributed by atoms with van der Waals surface area (Å²) in [4.78, 5) is 14.4. The topological polar surface area (TPSA) is 56.3 Å². The Hall–Kier alpha value is -2.08. The van der Waals surface area contributed by atoms with Gasteiger partial charge in [-0.2, -0.15) is 0 Å². The lowest BCUT2D eigenvalue weighted by molar-refractivity contribution is -0.897. The molecule has 0 aliphatic carbocycles. The largest absolute Gasteiger partial charge is 0.356 e. The smallest absolute Gasteiger partial charge is 0.333 e. The summed E-state index contributed by atoms with van der Waals surface area (Å²) >= 11 is 12.0. The zero-order valence-corrected chi connectivity index (χ0v) is 17.7. The van der Waals surface area contributed by atoms with Gasteiger partial charge in [-0.25, -0.2) is 9.13 Å². The van der Waals surface area contributed by atoms with Gasteiger partial charge in [0, 0.05) is 5.56 Å². The number of nitrogens with zero attached hydrogens (tertiary/aromatic N) is 2. The highest BCUT2D eigenvalue weighted by Crippen LogP contribution is 2.23. The van der Waals surface area contributed by atoms with Crippen LogP contribution in [0.3, 0.4) is 0 Å². The molecule has 0 spiro atoms. The van der Waals surface area contributed by atoms with Crippen molar-refractivity contribution in [2.24, 2.45) is 0 Å². The monoisotopic (exact) mass is 420 g/mol. The number of imidazole rings is 1. The van der Waals surface area contributed by atoms with E-state index in [2.05, 4.69) is 18.4 Å². The van der Waals surface area contributed by atoms with Crippen molar-refractivity contribution < 1.29 is 14.3 Å². The molecule has 2 aromatic carbocycles. The van der Waals surface area contributed by atoms with Crippen LogP contribution in [0.5, 0.6) is 0 Å². The molecule has 0 saturated carbocycles. The number of aromatic nitrogens is 2. The van der Waals surface area contributed by atoms with E-state index < -0.39 is 0 Å². The van der Waals surface area contributed by atoms with Gasteiger partial charge in [-0.1, -0.05) is 35.3 Å². The Morgan fingerprint density at radius 1 is 1.11 bits per heavy atom. The number of nitrogen functional groups attached to an aromatic ring is 1. The number of halogens is 2. The standard InChI is InChI=1S/C21H24Cl2N4O/c1-3-25(4-2)11-12-26-18-7-5-6-8-19(18)27(21(26)24)14-20(28)15-9-10-16(22)17(23)13-15/h5-10,13,24H,3-4,11-12,14H2,1-2H3/p+2. The van der Waals surface area contributed by atoms with Gasteiger partial charge in [-0.3, -0.25) is 10.5 Å². The molecule has 148 valence electrons. The van der Waals surface area contributed by atoms with Crippen molar-refractivity contribution in [3.05, 3.63) is 58.1 Å². The fraction of sp³-hybridized carbons (Fsp3) is 0.333. The number of Topliss-reactive ketones (excluding diaryl/α,β-unsaturated/α-hetero) is 1. The quantitative estimate of drug-likeness (QED) is 0.434. The first-order chi connectivity index (χ1) is 13.5. The number of fused-ring (bicyclic) bond motifs is 1. The number of ketones is 1. The molecule has 7 heteroatoms. The summed E-state index contributed by atoms with van der Waals surface area (Å²) in [7, 11) is 0. The molecule has 0 radical (unpaired) electrons. The fourth-order valence-corrected chi connectivity index (χ4v) is 3.79. The number of carbonyl (C=O) groups excluding carboxylic acids is 1.